The summed E-state index contributed by atoms with van der Waals surface area (Å²) in [5, 5.41) is 22.0. The number of ether oxygens (including phenoxy) is 1. The second kappa shape index (κ2) is 6.89. The lowest BCUT2D eigenvalue weighted by Crippen LogP contribution is -2.43. The molecule has 6 heteroatoms. The quantitative estimate of drug-likeness (QED) is 0.655. The van der Waals surface area contributed by atoms with E-state index in [4.69, 9.17) is 9.84 Å². The molecular weight excluding hydrogens is 286 g/mol. The maximum absolute atomic E-state index is 12.0. The number of aliphatic hydroxyl groups is 1. The first-order valence-corrected chi connectivity index (χ1v) is 7.31. The van der Waals surface area contributed by atoms with Crippen LogP contribution in [-0.4, -0.2) is 40.3 Å². The zero-order chi connectivity index (χ0) is 16.3. The number of epoxide rings is 1. The number of benzene rings is 1. The summed E-state index contributed by atoms with van der Waals surface area (Å²) in [4.78, 5) is 22.8. The molecule has 1 aromatic carbocycles. The smallest absolute Gasteiger partial charge is 0.336 e. The van der Waals surface area contributed by atoms with E-state index in [-0.39, 0.29) is 5.92 Å². The number of aliphatic carboxylic acids is 1. The summed E-state index contributed by atoms with van der Waals surface area (Å²) in [6.45, 7) is 3.98. The van der Waals surface area contributed by atoms with Crippen molar-refractivity contribution >= 4 is 11.9 Å². The van der Waals surface area contributed by atoms with Crippen LogP contribution >= 0.6 is 0 Å². The minimum Gasteiger partial charge on any atom is -0.479 e. The summed E-state index contributed by atoms with van der Waals surface area (Å²) in [7, 11) is 0. The van der Waals surface area contributed by atoms with Crippen molar-refractivity contribution < 1.29 is 24.5 Å². The number of hydrogen-bond acceptors (Lipinski definition) is 4. The molecule has 0 spiro atoms. The van der Waals surface area contributed by atoms with Crippen LogP contribution in [0.1, 0.15) is 31.9 Å². The van der Waals surface area contributed by atoms with E-state index in [9.17, 15) is 14.7 Å². The van der Waals surface area contributed by atoms with Crippen LogP contribution in [0.3, 0.4) is 0 Å². The van der Waals surface area contributed by atoms with Crippen molar-refractivity contribution in [2.45, 2.75) is 44.6 Å². The highest BCUT2D eigenvalue weighted by Crippen LogP contribution is 2.25. The number of carboxylic acid groups (broad SMARTS) is 1. The van der Waals surface area contributed by atoms with Crippen LogP contribution in [0.25, 0.3) is 0 Å². The molecule has 3 N–H and O–H groups in total. The number of nitrogens with one attached hydrogen (secondary N) is 1. The third-order valence-electron chi connectivity index (χ3n) is 3.57. The molecule has 2 rings (SSSR count). The Hall–Kier alpha value is -1.92. The van der Waals surface area contributed by atoms with Gasteiger partial charge < -0.3 is 20.3 Å². The molecule has 1 aliphatic heterocycles. The summed E-state index contributed by atoms with van der Waals surface area (Å²) in [5.74, 6) is -1.38. The van der Waals surface area contributed by atoms with E-state index >= 15 is 0 Å². The molecular formula is C16H21NO5. The fourth-order valence-electron chi connectivity index (χ4n) is 2.42. The molecule has 1 unspecified atom stereocenters. The molecule has 120 valence electrons. The molecule has 1 saturated heterocycles. The molecule has 6 nitrogen and oxygen atoms in total. The molecule has 0 bridgehead atoms. The fourth-order valence-corrected chi connectivity index (χ4v) is 2.42. The standard InChI is InChI=1S/C16H21NO5/c1-9(2)8-11(12(18)10-6-4-3-5-7-10)17-15(19)13-14(22-13)16(20)21/h3-7,9,11-14,18H,8H2,1-2H3,(H,17,19)(H,20,21)/t11?,12-,13+,14+/m0/s1. The Kier molecular flexibility index (Phi) is 5.15. The maximum atomic E-state index is 12.0. The van der Waals surface area contributed by atoms with E-state index in [0.29, 0.717) is 12.0 Å². The van der Waals surface area contributed by atoms with Crippen LogP contribution in [-0.2, 0) is 14.3 Å². The molecule has 1 aliphatic rings. The molecule has 0 aliphatic carbocycles. The molecule has 4 atom stereocenters. The lowest BCUT2D eigenvalue weighted by atomic mass is 9.94. The van der Waals surface area contributed by atoms with Crippen molar-refractivity contribution in [3.63, 3.8) is 0 Å². The Balaban J connectivity index is 2.03. The molecule has 1 heterocycles. The SMILES string of the molecule is CC(C)CC(NC(=O)[C@@H]1O[C@H]1C(=O)O)[C@@H](O)c1ccccc1. The van der Waals surface area contributed by atoms with Gasteiger partial charge in [0.2, 0.25) is 0 Å². The normalized spacial score (nSPS) is 22.9. The van der Waals surface area contributed by atoms with Crippen molar-refractivity contribution in [1.82, 2.24) is 5.32 Å². The van der Waals surface area contributed by atoms with E-state index in [1.807, 2.05) is 32.0 Å². The van der Waals surface area contributed by atoms with Gasteiger partial charge in [-0.15, -0.1) is 0 Å². The molecule has 0 radical (unpaired) electrons. The number of carbonyl (C=O) groups excluding carboxylic acids is 1. The van der Waals surface area contributed by atoms with Crippen LogP contribution in [0.15, 0.2) is 30.3 Å². The summed E-state index contributed by atoms with van der Waals surface area (Å²) < 4.78 is 4.84. The predicted octanol–water partition coefficient (Wildman–Crippen LogP) is 1.10. The average molecular weight is 307 g/mol. The number of amides is 1. The maximum Gasteiger partial charge on any atom is 0.336 e. The topological polar surface area (TPSA) is 99.2 Å². The molecule has 22 heavy (non-hydrogen) atoms. The minimum atomic E-state index is -1.15. The van der Waals surface area contributed by atoms with Gasteiger partial charge >= 0.3 is 5.97 Å². The Morgan fingerprint density at radius 2 is 1.86 bits per heavy atom. The lowest BCUT2D eigenvalue weighted by Gasteiger charge is -2.26. The van der Waals surface area contributed by atoms with Crippen LogP contribution in [0, 0.1) is 5.92 Å². The Morgan fingerprint density at radius 3 is 2.36 bits per heavy atom. The largest absolute Gasteiger partial charge is 0.479 e. The van der Waals surface area contributed by atoms with E-state index in [0.717, 1.165) is 0 Å². The first-order valence-electron chi connectivity index (χ1n) is 7.31. The zero-order valence-electron chi connectivity index (χ0n) is 12.6. The van der Waals surface area contributed by atoms with E-state index in [1.54, 1.807) is 12.1 Å². The van der Waals surface area contributed by atoms with Gasteiger partial charge in [-0.25, -0.2) is 4.79 Å². The number of carbonyl (C=O) groups is 2. The first-order chi connectivity index (χ1) is 10.4. The van der Waals surface area contributed by atoms with E-state index in [1.165, 1.54) is 0 Å². The predicted molar refractivity (Wildman–Crippen MR) is 79.1 cm³/mol. The van der Waals surface area contributed by atoms with Crippen LogP contribution in [0.4, 0.5) is 0 Å². The second-order valence-electron chi connectivity index (χ2n) is 5.92. The molecule has 1 amide bonds. The number of aliphatic hydroxyl groups excluding tert-OH is 1. The van der Waals surface area contributed by atoms with Crippen molar-refractivity contribution in [3.05, 3.63) is 35.9 Å². The number of rotatable bonds is 7. The highest BCUT2D eigenvalue weighted by molar-refractivity contribution is 5.92. The molecule has 1 aromatic rings. The van der Waals surface area contributed by atoms with E-state index < -0.39 is 36.2 Å². The Morgan fingerprint density at radius 1 is 1.23 bits per heavy atom. The first kappa shape index (κ1) is 16.5. The molecule has 1 fully saturated rings. The van der Waals surface area contributed by atoms with Gasteiger partial charge in [-0.05, 0) is 17.9 Å². The highest BCUT2D eigenvalue weighted by atomic mass is 16.6. The van der Waals surface area contributed by atoms with Gasteiger partial charge in [0.05, 0.1) is 12.1 Å². The third-order valence-corrected chi connectivity index (χ3v) is 3.57. The summed E-state index contributed by atoms with van der Waals surface area (Å²) in [6.07, 6.45) is -2.31. The number of hydrogen-bond donors (Lipinski definition) is 3. The monoisotopic (exact) mass is 307 g/mol. The summed E-state index contributed by atoms with van der Waals surface area (Å²) >= 11 is 0. The average Bonchev–Trinajstić information content (AvgIpc) is 3.27. The van der Waals surface area contributed by atoms with Crippen LogP contribution in [0.2, 0.25) is 0 Å². The van der Waals surface area contributed by atoms with Crippen molar-refractivity contribution in [3.8, 4) is 0 Å². The van der Waals surface area contributed by atoms with Gasteiger partial charge in [0.1, 0.15) is 0 Å². The number of carboxylic acids is 1. The van der Waals surface area contributed by atoms with Gasteiger partial charge in [-0.3, -0.25) is 4.79 Å². The van der Waals surface area contributed by atoms with Gasteiger partial charge in [0, 0.05) is 0 Å². The fraction of sp³-hybridized carbons (Fsp3) is 0.500. The van der Waals surface area contributed by atoms with Gasteiger partial charge in [0.15, 0.2) is 12.2 Å². The van der Waals surface area contributed by atoms with Gasteiger partial charge in [0.25, 0.3) is 5.91 Å². The van der Waals surface area contributed by atoms with Crippen LogP contribution in [0.5, 0.6) is 0 Å². The van der Waals surface area contributed by atoms with Crippen molar-refractivity contribution in [1.29, 1.82) is 0 Å². The molecule has 0 saturated carbocycles. The van der Waals surface area contributed by atoms with Gasteiger partial charge in [-0.1, -0.05) is 44.2 Å². The Bertz CT molecular complexity index is 531. The van der Waals surface area contributed by atoms with Gasteiger partial charge in [-0.2, -0.15) is 0 Å². The van der Waals surface area contributed by atoms with Crippen molar-refractivity contribution in [2.24, 2.45) is 5.92 Å². The zero-order valence-corrected chi connectivity index (χ0v) is 12.6. The third kappa shape index (κ3) is 4.05. The van der Waals surface area contributed by atoms with Crippen molar-refractivity contribution in [2.75, 3.05) is 0 Å². The van der Waals surface area contributed by atoms with Crippen LogP contribution < -0.4 is 5.32 Å². The summed E-state index contributed by atoms with van der Waals surface area (Å²) in [5.41, 5.74) is 0.708. The van der Waals surface area contributed by atoms with E-state index in [2.05, 4.69) is 5.32 Å². The second-order valence-corrected chi connectivity index (χ2v) is 5.92. The minimum absolute atomic E-state index is 0.263. The Labute approximate surface area is 129 Å². The molecule has 0 aromatic heterocycles. The summed E-state index contributed by atoms with van der Waals surface area (Å²) in [6, 6.07) is 8.57. The lowest BCUT2D eigenvalue weighted by molar-refractivity contribution is -0.138. The highest BCUT2D eigenvalue weighted by Gasteiger charge is 2.51.